The fraction of sp³-hybridized carbons (Fsp3) is 0.611. The Balaban J connectivity index is 1.95. The molecule has 0 atom stereocenters. The SMILES string of the molecule is CCNC(=NCc1cc(F)ccc1Br)NC1CCN(C(C)C)CC1. The van der Waals surface area contributed by atoms with Gasteiger partial charge in [-0.1, -0.05) is 15.9 Å². The number of halogens is 2. The Hall–Kier alpha value is -1.14. The predicted octanol–water partition coefficient (Wildman–Crippen LogP) is 3.52. The smallest absolute Gasteiger partial charge is 0.191 e. The van der Waals surface area contributed by atoms with Crippen LogP contribution in [0, 0.1) is 5.82 Å². The highest BCUT2D eigenvalue weighted by atomic mass is 79.9. The molecule has 1 saturated heterocycles. The average molecular weight is 399 g/mol. The average Bonchev–Trinajstić information content (AvgIpc) is 2.56. The lowest BCUT2D eigenvalue weighted by molar-refractivity contribution is 0.167. The first-order valence-corrected chi connectivity index (χ1v) is 9.51. The molecule has 0 saturated carbocycles. The summed E-state index contributed by atoms with van der Waals surface area (Å²) in [6.45, 7) is 10.0. The molecule has 1 aliphatic heterocycles. The summed E-state index contributed by atoms with van der Waals surface area (Å²) in [6.07, 6.45) is 2.23. The molecule has 1 fully saturated rings. The second-order valence-corrected chi connectivity index (χ2v) is 7.33. The van der Waals surface area contributed by atoms with Crippen LogP contribution in [0.1, 0.15) is 39.2 Å². The number of hydrogen-bond donors (Lipinski definition) is 2. The van der Waals surface area contributed by atoms with E-state index >= 15 is 0 Å². The molecule has 1 heterocycles. The lowest BCUT2D eigenvalue weighted by Gasteiger charge is -2.35. The van der Waals surface area contributed by atoms with Crippen molar-refractivity contribution in [3.8, 4) is 0 Å². The zero-order valence-corrected chi connectivity index (χ0v) is 16.4. The lowest BCUT2D eigenvalue weighted by Crippen LogP contribution is -2.49. The van der Waals surface area contributed by atoms with Gasteiger partial charge in [-0.3, -0.25) is 0 Å². The Morgan fingerprint density at radius 1 is 1.38 bits per heavy atom. The number of rotatable bonds is 5. The van der Waals surface area contributed by atoms with Crippen molar-refractivity contribution in [2.75, 3.05) is 19.6 Å². The van der Waals surface area contributed by atoms with Gasteiger partial charge in [-0.15, -0.1) is 0 Å². The van der Waals surface area contributed by atoms with Gasteiger partial charge in [-0.25, -0.2) is 9.38 Å². The third-order valence-electron chi connectivity index (χ3n) is 4.36. The summed E-state index contributed by atoms with van der Waals surface area (Å²) in [5.74, 6) is 0.569. The van der Waals surface area contributed by atoms with E-state index < -0.39 is 0 Å². The van der Waals surface area contributed by atoms with Crippen LogP contribution in [-0.2, 0) is 6.54 Å². The zero-order valence-electron chi connectivity index (χ0n) is 14.8. The first-order valence-electron chi connectivity index (χ1n) is 8.72. The monoisotopic (exact) mass is 398 g/mol. The molecule has 0 unspecified atom stereocenters. The summed E-state index contributed by atoms with van der Waals surface area (Å²) in [5.41, 5.74) is 0.849. The van der Waals surface area contributed by atoms with Crippen molar-refractivity contribution in [2.45, 2.75) is 52.2 Å². The Morgan fingerprint density at radius 3 is 2.71 bits per heavy atom. The fourth-order valence-electron chi connectivity index (χ4n) is 2.90. The first kappa shape index (κ1) is 19.2. The molecule has 0 amide bonds. The predicted molar refractivity (Wildman–Crippen MR) is 102 cm³/mol. The molecule has 0 bridgehead atoms. The Kier molecular flexibility index (Phi) is 7.49. The van der Waals surface area contributed by atoms with Crippen LogP contribution in [0.4, 0.5) is 4.39 Å². The van der Waals surface area contributed by atoms with Gasteiger partial charge < -0.3 is 15.5 Å². The summed E-state index contributed by atoms with van der Waals surface area (Å²) in [4.78, 5) is 7.12. The van der Waals surface area contributed by atoms with Gasteiger partial charge in [0, 0.05) is 36.2 Å². The van der Waals surface area contributed by atoms with E-state index in [-0.39, 0.29) is 5.82 Å². The number of nitrogens with zero attached hydrogens (tertiary/aromatic N) is 2. The maximum absolute atomic E-state index is 13.4. The lowest BCUT2D eigenvalue weighted by atomic mass is 10.0. The van der Waals surface area contributed by atoms with Gasteiger partial charge in [0.05, 0.1) is 6.54 Å². The van der Waals surface area contributed by atoms with Crippen molar-refractivity contribution in [1.82, 2.24) is 15.5 Å². The van der Waals surface area contributed by atoms with Crippen LogP contribution in [0.15, 0.2) is 27.7 Å². The minimum Gasteiger partial charge on any atom is -0.357 e. The highest BCUT2D eigenvalue weighted by molar-refractivity contribution is 9.10. The molecule has 1 aromatic rings. The van der Waals surface area contributed by atoms with E-state index in [1.54, 1.807) is 6.07 Å². The van der Waals surface area contributed by atoms with Crippen molar-refractivity contribution in [2.24, 2.45) is 4.99 Å². The summed E-state index contributed by atoms with van der Waals surface area (Å²) in [6, 6.07) is 5.75. The van der Waals surface area contributed by atoms with Crippen molar-refractivity contribution in [3.63, 3.8) is 0 Å². The van der Waals surface area contributed by atoms with Crippen molar-refractivity contribution in [3.05, 3.63) is 34.1 Å². The van der Waals surface area contributed by atoms with E-state index in [0.29, 0.717) is 18.6 Å². The Labute approximate surface area is 153 Å². The summed E-state index contributed by atoms with van der Waals surface area (Å²) in [7, 11) is 0. The number of guanidine groups is 1. The third kappa shape index (κ3) is 5.74. The van der Waals surface area contributed by atoms with E-state index in [9.17, 15) is 4.39 Å². The van der Waals surface area contributed by atoms with Crippen molar-refractivity contribution in [1.29, 1.82) is 0 Å². The van der Waals surface area contributed by atoms with E-state index in [1.165, 1.54) is 12.1 Å². The number of benzene rings is 1. The number of likely N-dealkylation sites (tertiary alicyclic amines) is 1. The summed E-state index contributed by atoms with van der Waals surface area (Å²) in [5, 5.41) is 6.81. The molecule has 2 rings (SSSR count). The van der Waals surface area contributed by atoms with Gasteiger partial charge >= 0.3 is 0 Å². The zero-order chi connectivity index (χ0) is 17.5. The molecule has 24 heavy (non-hydrogen) atoms. The molecule has 0 aliphatic carbocycles. The van der Waals surface area contributed by atoms with Gasteiger partial charge in [0.15, 0.2) is 5.96 Å². The van der Waals surface area contributed by atoms with E-state index in [2.05, 4.69) is 57.2 Å². The standard InChI is InChI=1S/C18H28BrFN4/c1-4-21-18(22-12-14-11-15(20)5-6-17(14)19)23-16-7-9-24(10-8-16)13(2)3/h5-6,11,13,16H,4,7-10,12H2,1-3H3,(H2,21,22,23). The van der Waals surface area contributed by atoms with Gasteiger partial charge in [-0.05, 0) is 57.4 Å². The van der Waals surface area contributed by atoms with E-state index in [0.717, 1.165) is 48.5 Å². The minimum absolute atomic E-state index is 0.234. The molecule has 0 radical (unpaired) electrons. The van der Waals surface area contributed by atoms with Crippen LogP contribution >= 0.6 is 15.9 Å². The second kappa shape index (κ2) is 9.37. The highest BCUT2D eigenvalue weighted by Gasteiger charge is 2.21. The molecular formula is C18H28BrFN4. The van der Waals surface area contributed by atoms with Crippen LogP contribution in [0.3, 0.4) is 0 Å². The Bertz CT molecular complexity index is 554. The molecule has 4 nitrogen and oxygen atoms in total. The maximum Gasteiger partial charge on any atom is 0.191 e. The molecule has 1 aromatic carbocycles. The van der Waals surface area contributed by atoms with Crippen LogP contribution in [-0.4, -0.2) is 42.6 Å². The molecule has 1 aliphatic rings. The normalized spacial score (nSPS) is 17.3. The summed E-state index contributed by atoms with van der Waals surface area (Å²) < 4.78 is 14.3. The number of hydrogen-bond acceptors (Lipinski definition) is 2. The second-order valence-electron chi connectivity index (χ2n) is 6.48. The quantitative estimate of drug-likeness (QED) is 0.588. The molecule has 0 spiro atoms. The van der Waals surface area contributed by atoms with E-state index in [1.807, 2.05) is 0 Å². The topological polar surface area (TPSA) is 39.7 Å². The molecule has 2 N–H and O–H groups in total. The third-order valence-corrected chi connectivity index (χ3v) is 5.13. The van der Waals surface area contributed by atoms with Gasteiger partial charge in [0.2, 0.25) is 0 Å². The molecule has 0 aromatic heterocycles. The highest BCUT2D eigenvalue weighted by Crippen LogP contribution is 2.18. The van der Waals surface area contributed by atoms with Crippen LogP contribution < -0.4 is 10.6 Å². The minimum atomic E-state index is -0.234. The summed E-state index contributed by atoms with van der Waals surface area (Å²) >= 11 is 3.46. The molecule has 6 heteroatoms. The van der Waals surface area contributed by atoms with Gasteiger partial charge in [0.25, 0.3) is 0 Å². The molecule has 134 valence electrons. The maximum atomic E-state index is 13.4. The van der Waals surface area contributed by atoms with E-state index in [4.69, 9.17) is 0 Å². The fourth-order valence-corrected chi connectivity index (χ4v) is 3.27. The van der Waals surface area contributed by atoms with Crippen molar-refractivity contribution < 1.29 is 4.39 Å². The van der Waals surface area contributed by atoms with Gasteiger partial charge in [0.1, 0.15) is 5.82 Å². The van der Waals surface area contributed by atoms with Crippen LogP contribution in [0.5, 0.6) is 0 Å². The van der Waals surface area contributed by atoms with Gasteiger partial charge in [-0.2, -0.15) is 0 Å². The first-order chi connectivity index (χ1) is 11.5. The number of piperidine rings is 1. The molecular weight excluding hydrogens is 371 g/mol. The number of aliphatic imine (C=N–C) groups is 1. The largest absolute Gasteiger partial charge is 0.357 e. The van der Waals surface area contributed by atoms with Crippen LogP contribution in [0.2, 0.25) is 0 Å². The Morgan fingerprint density at radius 2 is 2.08 bits per heavy atom. The number of nitrogens with one attached hydrogen (secondary N) is 2. The van der Waals surface area contributed by atoms with Crippen molar-refractivity contribution >= 4 is 21.9 Å². The van der Waals surface area contributed by atoms with Crippen LogP contribution in [0.25, 0.3) is 0 Å².